The molecule has 1 aromatic rings. The third kappa shape index (κ3) is 6.02. The summed E-state index contributed by atoms with van der Waals surface area (Å²) in [5, 5.41) is 2.10. The normalized spacial score (nSPS) is 10.2. The SMILES string of the molecule is CCOC(=O)CCC[NH2+]Cc1ccc(F)cc1. The van der Waals surface area contributed by atoms with Crippen LogP contribution in [0, 0.1) is 5.82 Å². The van der Waals surface area contributed by atoms with Gasteiger partial charge in [0.1, 0.15) is 12.4 Å². The largest absolute Gasteiger partial charge is 0.466 e. The predicted octanol–water partition coefficient (Wildman–Crippen LogP) is 1.23. The van der Waals surface area contributed by atoms with Gasteiger partial charge in [-0.2, -0.15) is 0 Å². The number of quaternary nitrogens is 1. The van der Waals surface area contributed by atoms with Crippen LogP contribution in [0.4, 0.5) is 4.39 Å². The van der Waals surface area contributed by atoms with Gasteiger partial charge in [0.2, 0.25) is 0 Å². The lowest BCUT2D eigenvalue weighted by Gasteiger charge is -2.02. The first-order valence-electron chi connectivity index (χ1n) is 5.94. The molecule has 0 heterocycles. The molecule has 0 aliphatic carbocycles. The van der Waals surface area contributed by atoms with Crippen molar-refractivity contribution >= 4 is 5.97 Å². The summed E-state index contributed by atoms with van der Waals surface area (Å²) in [5.74, 6) is -0.348. The van der Waals surface area contributed by atoms with Crippen LogP contribution in [0.3, 0.4) is 0 Å². The molecule has 0 aliphatic heterocycles. The summed E-state index contributed by atoms with van der Waals surface area (Å²) in [5.41, 5.74) is 1.09. The van der Waals surface area contributed by atoms with Crippen LogP contribution in [-0.2, 0) is 16.1 Å². The first kappa shape index (κ1) is 13.6. The highest BCUT2D eigenvalue weighted by atomic mass is 19.1. The number of hydrogen-bond acceptors (Lipinski definition) is 2. The van der Waals surface area contributed by atoms with Crippen LogP contribution in [-0.4, -0.2) is 19.1 Å². The standard InChI is InChI=1S/C13H18FNO2/c1-2-17-13(16)4-3-9-15-10-11-5-7-12(14)8-6-11/h5-8,15H,2-4,9-10H2,1H3/p+1. The Labute approximate surface area is 101 Å². The van der Waals surface area contributed by atoms with Gasteiger partial charge >= 0.3 is 5.97 Å². The van der Waals surface area contributed by atoms with Crippen molar-refractivity contribution in [2.75, 3.05) is 13.2 Å². The minimum absolute atomic E-state index is 0.136. The van der Waals surface area contributed by atoms with E-state index < -0.39 is 0 Å². The minimum Gasteiger partial charge on any atom is -0.466 e. The first-order valence-corrected chi connectivity index (χ1v) is 5.94. The molecule has 0 aliphatic rings. The second-order valence-electron chi connectivity index (χ2n) is 3.82. The number of hydrogen-bond donors (Lipinski definition) is 1. The van der Waals surface area contributed by atoms with Gasteiger partial charge in [0, 0.05) is 12.0 Å². The Hall–Kier alpha value is -1.42. The first-order chi connectivity index (χ1) is 8.22. The van der Waals surface area contributed by atoms with E-state index in [0.717, 1.165) is 25.1 Å². The number of carbonyl (C=O) groups excluding carboxylic acids is 1. The maximum absolute atomic E-state index is 12.6. The zero-order chi connectivity index (χ0) is 12.5. The molecule has 0 fully saturated rings. The van der Waals surface area contributed by atoms with E-state index in [1.807, 2.05) is 0 Å². The Bertz CT molecular complexity index is 338. The molecule has 3 nitrogen and oxygen atoms in total. The van der Waals surface area contributed by atoms with Gasteiger partial charge in [0.25, 0.3) is 0 Å². The van der Waals surface area contributed by atoms with Crippen molar-refractivity contribution in [3.8, 4) is 0 Å². The summed E-state index contributed by atoms with van der Waals surface area (Å²) in [6.07, 6.45) is 1.27. The van der Waals surface area contributed by atoms with Crippen LogP contribution < -0.4 is 5.32 Å². The van der Waals surface area contributed by atoms with E-state index in [9.17, 15) is 9.18 Å². The lowest BCUT2D eigenvalue weighted by Crippen LogP contribution is -2.82. The van der Waals surface area contributed by atoms with Gasteiger partial charge in [0.15, 0.2) is 0 Å². The molecule has 2 N–H and O–H groups in total. The van der Waals surface area contributed by atoms with Gasteiger partial charge < -0.3 is 10.1 Å². The van der Waals surface area contributed by atoms with Crippen LogP contribution in [0.25, 0.3) is 0 Å². The fraction of sp³-hybridized carbons (Fsp3) is 0.462. The van der Waals surface area contributed by atoms with Crippen molar-refractivity contribution in [3.05, 3.63) is 35.6 Å². The number of halogens is 1. The summed E-state index contributed by atoms with van der Waals surface area (Å²) in [4.78, 5) is 11.0. The van der Waals surface area contributed by atoms with Crippen molar-refractivity contribution < 1.29 is 19.2 Å². The van der Waals surface area contributed by atoms with Crippen LogP contribution in [0.15, 0.2) is 24.3 Å². The number of rotatable bonds is 7. The second-order valence-corrected chi connectivity index (χ2v) is 3.82. The third-order valence-electron chi connectivity index (χ3n) is 2.39. The Morgan fingerprint density at radius 3 is 2.71 bits per heavy atom. The van der Waals surface area contributed by atoms with E-state index in [4.69, 9.17) is 4.74 Å². The number of benzene rings is 1. The molecule has 17 heavy (non-hydrogen) atoms. The third-order valence-corrected chi connectivity index (χ3v) is 2.39. The Morgan fingerprint density at radius 1 is 1.35 bits per heavy atom. The van der Waals surface area contributed by atoms with E-state index >= 15 is 0 Å². The molecule has 0 spiro atoms. The minimum atomic E-state index is -0.212. The fourth-order valence-corrected chi connectivity index (χ4v) is 1.51. The highest BCUT2D eigenvalue weighted by molar-refractivity contribution is 5.69. The van der Waals surface area contributed by atoms with Gasteiger partial charge in [-0.3, -0.25) is 4.79 Å². The monoisotopic (exact) mass is 240 g/mol. The quantitative estimate of drug-likeness (QED) is 0.575. The molecular weight excluding hydrogens is 221 g/mol. The molecule has 1 aromatic carbocycles. The van der Waals surface area contributed by atoms with Gasteiger partial charge in [-0.15, -0.1) is 0 Å². The summed E-state index contributed by atoms with van der Waals surface area (Å²) >= 11 is 0. The van der Waals surface area contributed by atoms with Crippen molar-refractivity contribution in [2.24, 2.45) is 0 Å². The van der Waals surface area contributed by atoms with Crippen LogP contribution in [0.1, 0.15) is 25.3 Å². The van der Waals surface area contributed by atoms with Crippen molar-refractivity contribution in [2.45, 2.75) is 26.3 Å². The van der Waals surface area contributed by atoms with E-state index in [-0.39, 0.29) is 11.8 Å². The van der Waals surface area contributed by atoms with Crippen molar-refractivity contribution in [1.82, 2.24) is 0 Å². The van der Waals surface area contributed by atoms with Crippen LogP contribution in [0.5, 0.6) is 0 Å². The lowest BCUT2D eigenvalue weighted by molar-refractivity contribution is -0.670. The van der Waals surface area contributed by atoms with Gasteiger partial charge in [-0.05, 0) is 19.1 Å². The highest BCUT2D eigenvalue weighted by Gasteiger charge is 2.02. The molecule has 0 amide bonds. The molecule has 1 rings (SSSR count). The highest BCUT2D eigenvalue weighted by Crippen LogP contribution is 2.00. The van der Waals surface area contributed by atoms with Crippen molar-refractivity contribution in [3.63, 3.8) is 0 Å². The number of carbonyl (C=O) groups is 1. The Kier molecular flexibility index (Phi) is 6.25. The zero-order valence-electron chi connectivity index (χ0n) is 10.1. The van der Waals surface area contributed by atoms with Crippen molar-refractivity contribution in [1.29, 1.82) is 0 Å². The predicted molar refractivity (Wildman–Crippen MR) is 62.8 cm³/mol. The van der Waals surface area contributed by atoms with Gasteiger partial charge in [-0.25, -0.2) is 4.39 Å². The molecule has 0 aromatic heterocycles. The molecule has 94 valence electrons. The average molecular weight is 240 g/mol. The molecule has 0 atom stereocenters. The van der Waals surface area contributed by atoms with Crippen LogP contribution in [0.2, 0.25) is 0 Å². The van der Waals surface area contributed by atoms with Crippen LogP contribution >= 0.6 is 0 Å². The Balaban J connectivity index is 2.08. The molecule has 0 saturated heterocycles. The number of ether oxygens (including phenoxy) is 1. The topological polar surface area (TPSA) is 42.9 Å². The molecule has 0 saturated carbocycles. The number of nitrogens with two attached hydrogens (primary N) is 1. The average Bonchev–Trinajstić information content (AvgIpc) is 2.31. The van der Waals surface area contributed by atoms with Gasteiger partial charge in [-0.1, -0.05) is 12.1 Å². The number of esters is 1. The molecule has 0 radical (unpaired) electrons. The summed E-state index contributed by atoms with van der Waals surface area (Å²) < 4.78 is 17.5. The summed E-state index contributed by atoms with van der Waals surface area (Å²) in [6.45, 7) is 3.93. The summed E-state index contributed by atoms with van der Waals surface area (Å²) in [6, 6.07) is 6.47. The zero-order valence-corrected chi connectivity index (χ0v) is 10.1. The van der Waals surface area contributed by atoms with E-state index in [0.29, 0.717) is 13.0 Å². The van der Waals surface area contributed by atoms with E-state index in [1.54, 1.807) is 19.1 Å². The molecule has 0 bridgehead atoms. The van der Waals surface area contributed by atoms with Gasteiger partial charge in [0.05, 0.1) is 19.6 Å². The fourth-order valence-electron chi connectivity index (χ4n) is 1.51. The maximum atomic E-state index is 12.6. The Morgan fingerprint density at radius 2 is 2.06 bits per heavy atom. The van der Waals surface area contributed by atoms with E-state index in [1.165, 1.54) is 12.1 Å². The molecule has 4 heteroatoms. The second kappa shape index (κ2) is 7.79. The smallest absolute Gasteiger partial charge is 0.305 e. The van der Waals surface area contributed by atoms with E-state index in [2.05, 4.69) is 5.32 Å². The summed E-state index contributed by atoms with van der Waals surface area (Å²) in [7, 11) is 0. The molecular formula is C13H19FNO2+. The lowest BCUT2D eigenvalue weighted by atomic mass is 10.2. The maximum Gasteiger partial charge on any atom is 0.305 e. The molecule has 0 unspecified atom stereocenters.